The van der Waals surface area contributed by atoms with E-state index in [9.17, 15) is 13.6 Å². The van der Waals surface area contributed by atoms with Gasteiger partial charge < -0.3 is 15.5 Å². The number of ether oxygens (including phenoxy) is 1. The Morgan fingerprint density at radius 1 is 1.39 bits per heavy atom. The first-order valence-corrected chi connectivity index (χ1v) is 6.81. The Morgan fingerprint density at radius 2 is 2.13 bits per heavy atom. The first-order chi connectivity index (χ1) is 11.0. The number of methoxy groups -OCH3 is 1. The van der Waals surface area contributed by atoms with Gasteiger partial charge in [0.05, 0.1) is 28.9 Å². The maximum Gasteiger partial charge on any atom is 0.357 e. The third kappa shape index (κ3) is 2.20. The number of aromatic amines is 1. The highest BCUT2D eigenvalue weighted by molar-refractivity contribution is 6.36. The lowest BCUT2D eigenvalue weighted by Gasteiger charge is -2.12. The molecule has 0 saturated heterocycles. The number of hydrogen-bond donors (Lipinski definition) is 2. The molecule has 0 saturated carbocycles. The van der Waals surface area contributed by atoms with Gasteiger partial charge in [-0.25, -0.2) is 18.6 Å². The topological polar surface area (TPSA) is 81.0 Å². The van der Waals surface area contributed by atoms with Gasteiger partial charge >= 0.3 is 5.97 Å². The zero-order valence-corrected chi connectivity index (χ0v) is 12.5. The summed E-state index contributed by atoms with van der Waals surface area (Å²) in [4.78, 5) is 18.2. The van der Waals surface area contributed by atoms with Gasteiger partial charge in [-0.05, 0) is 6.07 Å². The van der Waals surface area contributed by atoms with Crippen LogP contribution in [0.1, 0.15) is 10.5 Å². The number of rotatable bonds is 2. The van der Waals surface area contributed by atoms with E-state index >= 15 is 0 Å². The van der Waals surface area contributed by atoms with E-state index in [0.29, 0.717) is 0 Å². The minimum absolute atomic E-state index is 0.0499. The molecule has 2 aromatic heterocycles. The van der Waals surface area contributed by atoms with Crippen LogP contribution in [-0.2, 0) is 4.74 Å². The van der Waals surface area contributed by atoms with Gasteiger partial charge in [-0.2, -0.15) is 0 Å². The maximum atomic E-state index is 14.8. The predicted octanol–water partition coefficient (Wildman–Crippen LogP) is 3.53. The summed E-state index contributed by atoms with van der Waals surface area (Å²) < 4.78 is 34.1. The molecular formula is C15H10ClF2N3O2. The van der Waals surface area contributed by atoms with Crippen molar-refractivity contribution in [2.24, 2.45) is 0 Å². The SMILES string of the molecule is COC(=O)c1ncccc1-c1c(F)c(N)c2c(Cl)c[nH]c2c1F. The van der Waals surface area contributed by atoms with Crippen LogP contribution in [0.2, 0.25) is 5.02 Å². The Morgan fingerprint density at radius 3 is 2.83 bits per heavy atom. The van der Waals surface area contributed by atoms with Crippen molar-refractivity contribution in [3.63, 3.8) is 0 Å². The Hall–Kier alpha value is -2.67. The van der Waals surface area contributed by atoms with E-state index in [1.54, 1.807) is 0 Å². The van der Waals surface area contributed by atoms with E-state index < -0.39 is 23.2 Å². The summed E-state index contributed by atoms with van der Waals surface area (Å²) >= 11 is 5.89. The molecule has 0 atom stereocenters. The monoisotopic (exact) mass is 337 g/mol. The van der Waals surface area contributed by atoms with E-state index in [0.717, 1.165) is 7.11 Å². The number of pyridine rings is 1. The van der Waals surface area contributed by atoms with Crippen LogP contribution < -0.4 is 5.73 Å². The lowest BCUT2D eigenvalue weighted by atomic mass is 9.99. The fourth-order valence-corrected chi connectivity index (χ4v) is 2.66. The van der Waals surface area contributed by atoms with Crippen molar-refractivity contribution in [2.75, 3.05) is 12.8 Å². The zero-order chi connectivity index (χ0) is 16.7. The van der Waals surface area contributed by atoms with Gasteiger partial charge in [0, 0.05) is 23.3 Å². The molecule has 118 valence electrons. The molecule has 8 heteroatoms. The Balaban J connectivity index is 2.41. The smallest absolute Gasteiger partial charge is 0.357 e. The first-order valence-electron chi connectivity index (χ1n) is 6.44. The third-order valence-electron chi connectivity index (χ3n) is 3.45. The zero-order valence-electron chi connectivity index (χ0n) is 11.8. The van der Waals surface area contributed by atoms with Crippen LogP contribution >= 0.6 is 11.6 Å². The van der Waals surface area contributed by atoms with Crippen LogP contribution in [0.4, 0.5) is 14.5 Å². The first kappa shape index (κ1) is 15.2. The number of H-pyrrole nitrogens is 1. The molecule has 3 rings (SSSR count). The van der Waals surface area contributed by atoms with Crippen LogP contribution in [0.3, 0.4) is 0 Å². The van der Waals surface area contributed by atoms with Crippen LogP contribution in [0.5, 0.6) is 0 Å². The molecule has 5 nitrogen and oxygen atoms in total. The molecule has 2 heterocycles. The van der Waals surface area contributed by atoms with Gasteiger partial charge in [-0.1, -0.05) is 17.7 Å². The highest BCUT2D eigenvalue weighted by atomic mass is 35.5. The van der Waals surface area contributed by atoms with E-state index in [1.807, 2.05) is 0 Å². The van der Waals surface area contributed by atoms with Crippen molar-refractivity contribution in [3.8, 4) is 11.1 Å². The second-order valence-electron chi connectivity index (χ2n) is 4.69. The number of halogens is 3. The largest absolute Gasteiger partial charge is 0.464 e. The van der Waals surface area contributed by atoms with E-state index in [1.165, 1.54) is 24.5 Å². The molecule has 0 aliphatic heterocycles. The summed E-state index contributed by atoms with van der Waals surface area (Å²) in [5.41, 5.74) is 4.63. The van der Waals surface area contributed by atoms with E-state index in [4.69, 9.17) is 17.3 Å². The normalized spacial score (nSPS) is 11.0. The van der Waals surface area contributed by atoms with Gasteiger partial charge in [-0.3, -0.25) is 0 Å². The number of nitrogens with two attached hydrogens (primary N) is 1. The summed E-state index contributed by atoms with van der Waals surface area (Å²) in [7, 11) is 1.15. The van der Waals surface area contributed by atoms with Crippen LogP contribution in [-0.4, -0.2) is 23.0 Å². The Bertz CT molecular complexity index is 940. The van der Waals surface area contributed by atoms with Crippen molar-refractivity contribution in [1.82, 2.24) is 9.97 Å². The maximum absolute atomic E-state index is 14.8. The van der Waals surface area contributed by atoms with Crippen molar-refractivity contribution in [1.29, 1.82) is 0 Å². The summed E-state index contributed by atoms with van der Waals surface area (Å²) in [6.45, 7) is 0. The minimum atomic E-state index is -1.02. The molecule has 0 fully saturated rings. The average Bonchev–Trinajstić information content (AvgIpc) is 2.95. The fourth-order valence-electron chi connectivity index (χ4n) is 2.40. The average molecular weight is 338 g/mol. The molecule has 1 aromatic carbocycles. The third-order valence-corrected chi connectivity index (χ3v) is 3.75. The second-order valence-corrected chi connectivity index (χ2v) is 5.10. The van der Waals surface area contributed by atoms with E-state index in [-0.39, 0.29) is 32.9 Å². The molecule has 0 radical (unpaired) electrons. The van der Waals surface area contributed by atoms with Crippen molar-refractivity contribution in [3.05, 3.63) is 46.9 Å². The number of benzene rings is 1. The number of fused-ring (bicyclic) bond motifs is 1. The quantitative estimate of drug-likeness (QED) is 0.553. The van der Waals surface area contributed by atoms with Crippen LogP contribution in [0.15, 0.2) is 24.5 Å². The molecule has 0 spiro atoms. The van der Waals surface area contributed by atoms with Gasteiger partial charge in [0.2, 0.25) is 0 Å². The Labute approximate surface area is 134 Å². The summed E-state index contributed by atoms with van der Waals surface area (Å²) in [5, 5.41) is 0.148. The molecule has 23 heavy (non-hydrogen) atoms. The van der Waals surface area contributed by atoms with E-state index in [2.05, 4.69) is 14.7 Å². The highest BCUT2D eigenvalue weighted by Crippen LogP contribution is 2.40. The van der Waals surface area contributed by atoms with Crippen LogP contribution in [0.25, 0.3) is 22.0 Å². The summed E-state index contributed by atoms with van der Waals surface area (Å²) in [6.07, 6.45) is 2.62. The van der Waals surface area contributed by atoms with Gasteiger partial charge in [0.25, 0.3) is 0 Å². The number of hydrogen-bond acceptors (Lipinski definition) is 4. The highest BCUT2D eigenvalue weighted by Gasteiger charge is 2.26. The second kappa shape index (κ2) is 5.51. The molecule has 3 aromatic rings. The standard InChI is InChI=1S/C15H10ClF2N3O2/c1-23-15(22)13-6(3-2-4-20-13)8-10(17)12(19)9-7(16)5-21-14(9)11(8)18/h2-5,21H,19H2,1H3. The van der Waals surface area contributed by atoms with Gasteiger partial charge in [0.15, 0.2) is 17.3 Å². The number of aromatic nitrogens is 2. The molecule has 0 bridgehead atoms. The Kier molecular flexibility index (Phi) is 3.65. The molecular weight excluding hydrogens is 328 g/mol. The number of anilines is 1. The molecule has 0 unspecified atom stereocenters. The van der Waals surface area contributed by atoms with Gasteiger partial charge in [-0.15, -0.1) is 0 Å². The summed E-state index contributed by atoms with van der Waals surface area (Å²) in [5.74, 6) is -2.76. The van der Waals surface area contributed by atoms with Gasteiger partial charge in [0.1, 0.15) is 0 Å². The van der Waals surface area contributed by atoms with Crippen molar-refractivity contribution < 1.29 is 18.3 Å². The molecule has 0 amide bonds. The van der Waals surface area contributed by atoms with Crippen LogP contribution in [0, 0.1) is 11.6 Å². The number of nitrogens with one attached hydrogen (secondary N) is 1. The molecule has 0 aliphatic rings. The lowest BCUT2D eigenvalue weighted by molar-refractivity contribution is 0.0595. The minimum Gasteiger partial charge on any atom is -0.464 e. The van der Waals surface area contributed by atoms with Crippen molar-refractivity contribution >= 4 is 34.2 Å². The number of carbonyl (C=O) groups excluding carboxylic acids is 1. The lowest BCUT2D eigenvalue weighted by Crippen LogP contribution is -2.08. The van der Waals surface area contributed by atoms with Crippen molar-refractivity contribution in [2.45, 2.75) is 0 Å². The number of carbonyl (C=O) groups is 1. The molecule has 0 aliphatic carbocycles. The number of nitrogens with zero attached hydrogens (tertiary/aromatic N) is 1. The molecule has 3 N–H and O–H groups in total. The number of nitrogen functional groups attached to an aromatic ring is 1. The fraction of sp³-hybridized carbons (Fsp3) is 0.0667. The summed E-state index contributed by atoms with van der Waals surface area (Å²) in [6, 6.07) is 2.80. The predicted molar refractivity (Wildman–Crippen MR) is 82.2 cm³/mol. The number of esters is 1.